The molecule has 0 spiro atoms. The number of rotatable bonds is 6. The van der Waals surface area contributed by atoms with Crippen molar-refractivity contribution in [3.05, 3.63) is 34.9 Å². The molecule has 0 amide bonds. The Labute approximate surface area is 108 Å². The van der Waals surface area contributed by atoms with Gasteiger partial charge in [0.1, 0.15) is 0 Å². The van der Waals surface area contributed by atoms with Crippen LogP contribution in [0.5, 0.6) is 0 Å². The lowest BCUT2D eigenvalue weighted by Gasteiger charge is -2.18. The van der Waals surface area contributed by atoms with Crippen molar-refractivity contribution in [2.24, 2.45) is 5.92 Å². The van der Waals surface area contributed by atoms with Gasteiger partial charge < -0.3 is 4.74 Å². The Morgan fingerprint density at radius 1 is 1.38 bits per heavy atom. The number of hydrogen-bond donors (Lipinski definition) is 0. The van der Waals surface area contributed by atoms with E-state index >= 15 is 0 Å². The highest BCUT2D eigenvalue weighted by atomic mass is 35.5. The third-order valence-electron chi connectivity index (χ3n) is 2.70. The molecule has 0 saturated carbocycles. The van der Waals surface area contributed by atoms with Crippen molar-refractivity contribution < 1.29 is 4.74 Å². The Kier molecular flexibility index (Phi) is 6.18. The SMILES string of the molecule is COC(C)CC(CCl)Cc1cccc(Cl)c1. The second kappa shape index (κ2) is 7.16. The van der Waals surface area contributed by atoms with Crippen molar-refractivity contribution in [2.45, 2.75) is 25.9 Å². The summed E-state index contributed by atoms with van der Waals surface area (Å²) in [6.07, 6.45) is 2.19. The van der Waals surface area contributed by atoms with Gasteiger partial charge in [-0.3, -0.25) is 0 Å². The number of methoxy groups -OCH3 is 1. The summed E-state index contributed by atoms with van der Waals surface area (Å²) in [7, 11) is 1.73. The first-order chi connectivity index (χ1) is 7.65. The maximum atomic E-state index is 5.97. The van der Waals surface area contributed by atoms with E-state index in [4.69, 9.17) is 27.9 Å². The number of hydrogen-bond acceptors (Lipinski definition) is 1. The summed E-state index contributed by atoms with van der Waals surface area (Å²) in [6.45, 7) is 2.07. The fraction of sp³-hybridized carbons (Fsp3) is 0.538. The van der Waals surface area contributed by atoms with E-state index < -0.39 is 0 Å². The minimum absolute atomic E-state index is 0.253. The summed E-state index contributed by atoms with van der Waals surface area (Å²) in [5.74, 6) is 1.09. The Hall–Kier alpha value is -0.240. The van der Waals surface area contributed by atoms with Crippen LogP contribution in [-0.4, -0.2) is 19.1 Å². The lowest BCUT2D eigenvalue weighted by atomic mass is 9.96. The molecule has 0 aliphatic heterocycles. The monoisotopic (exact) mass is 260 g/mol. The fourth-order valence-corrected chi connectivity index (χ4v) is 2.21. The maximum Gasteiger partial charge on any atom is 0.0546 e. The number of benzene rings is 1. The van der Waals surface area contributed by atoms with E-state index in [1.807, 2.05) is 18.2 Å². The van der Waals surface area contributed by atoms with E-state index in [1.165, 1.54) is 5.56 Å². The normalized spacial score (nSPS) is 14.8. The van der Waals surface area contributed by atoms with Crippen molar-refractivity contribution in [1.29, 1.82) is 0 Å². The smallest absolute Gasteiger partial charge is 0.0546 e. The molecule has 2 atom stereocenters. The zero-order valence-corrected chi connectivity index (χ0v) is 11.3. The summed E-state index contributed by atoms with van der Waals surface area (Å²) >= 11 is 11.9. The van der Waals surface area contributed by atoms with Gasteiger partial charge in [-0.05, 0) is 43.4 Å². The fourth-order valence-electron chi connectivity index (χ4n) is 1.76. The van der Waals surface area contributed by atoms with Gasteiger partial charge in [-0.15, -0.1) is 11.6 Å². The zero-order chi connectivity index (χ0) is 12.0. The van der Waals surface area contributed by atoms with E-state index in [-0.39, 0.29) is 6.10 Å². The molecular formula is C13H18Cl2O. The molecule has 0 aromatic heterocycles. The van der Waals surface area contributed by atoms with Gasteiger partial charge in [-0.1, -0.05) is 23.7 Å². The summed E-state index contributed by atoms with van der Waals surface area (Å²) in [4.78, 5) is 0. The van der Waals surface area contributed by atoms with Gasteiger partial charge in [0, 0.05) is 18.0 Å². The van der Waals surface area contributed by atoms with Gasteiger partial charge in [-0.2, -0.15) is 0 Å². The quantitative estimate of drug-likeness (QED) is 0.698. The molecule has 1 aromatic carbocycles. The van der Waals surface area contributed by atoms with Gasteiger partial charge in [-0.25, -0.2) is 0 Å². The molecule has 0 heterocycles. The highest BCUT2D eigenvalue weighted by Crippen LogP contribution is 2.19. The molecule has 0 aliphatic carbocycles. The standard InChI is InChI=1S/C13H18Cl2O/c1-10(16-2)6-12(9-14)7-11-4-3-5-13(15)8-11/h3-5,8,10,12H,6-7,9H2,1-2H3. The first kappa shape index (κ1) is 13.8. The highest BCUT2D eigenvalue weighted by molar-refractivity contribution is 6.30. The third kappa shape index (κ3) is 4.73. The minimum Gasteiger partial charge on any atom is -0.382 e. The summed E-state index contributed by atoms with van der Waals surface area (Å²) in [6, 6.07) is 7.95. The zero-order valence-electron chi connectivity index (χ0n) is 9.75. The van der Waals surface area contributed by atoms with Gasteiger partial charge in [0.2, 0.25) is 0 Å². The third-order valence-corrected chi connectivity index (χ3v) is 3.37. The predicted molar refractivity (Wildman–Crippen MR) is 70.5 cm³/mol. The van der Waals surface area contributed by atoms with Crippen LogP contribution in [0.2, 0.25) is 5.02 Å². The van der Waals surface area contributed by atoms with Crippen LogP contribution in [0, 0.1) is 5.92 Å². The van der Waals surface area contributed by atoms with E-state index in [0.717, 1.165) is 17.9 Å². The predicted octanol–water partition coefficient (Wildman–Crippen LogP) is 4.16. The van der Waals surface area contributed by atoms with Crippen molar-refractivity contribution >= 4 is 23.2 Å². The van der Waals surface area contributed by atoms with Crippen LogP contribution < -0.4 is 0 Å². The summed E-state index contributed by atoms with van der Waals surface area (Å²) in [5, 5.41) is 0.783. The first-order valence-electron chi connectivity index (χ1n) is 5.49. The molecule has 1 aromatic rings. The lowest BCUT2D eigenvalue weighted by Crippen LogP contribution is -2.16. The molecule has 1 rings (SSSR count). The molecule has 0 saturated heterocycles. The van der Waals surface area contributed by atoms with Gasteiger partial charge in [0.15, 0.2) is 0 Å². The van der Waals surface area contributed by atoms with Crippen LogP contribution in [0.4, 0.5) is 0 Å². The van der Waals surface area contributed by atoms with Crippen LogP contribution >= 0.6 is 23.2 Å². The molecule has 3 heteroatoms. The molecule has 16 heavy (non-hydrogen) atoms. The Balaban J connectivity index is 2.56. The number of halogens is 2. The van der Waals surface area contributed by atoms with Crippen molar-refractivity contribution in [3.8, 4) is 0 Å². The molecule has 90 valence electrons. The highest BCUT2D eigenvalue weighted by Gasteiger charge is 2.12. The van der Waals surface area contributed by atoms with Gasteiger partial charge in [0.25, 0.3) is 0 Å². The molecule has 0 fully saturated rings. The van der Waals surface area contributed by atoms with Crippen molar-refractivity contribution in [1.82, 2.24) is 0 Å². The topological polar surface area (TPSA) is 9.23 Å². The van der Waals surface area contributed by atoms with E-state index in [1.54, 1.807) is 7.11 Å². The van der Waals surface area contributed by atoms with E-state index in [0.29, 0.717) is 11.8 Å². The molecule has 0 aliphatic rings. The van der Waals surface area contributed by atoms with Crippen molar-refractivity contribution in [2.75, 3.05) is 13.0 Å². The Morgan fingerprint density at radius 3 is 2.69 bits per heavy atom. The average Bonchev–Trinajstić information content (AvgIpc) is 2.28. The molecule has 0 N–H and O–H groups in total. The molecule has 0 radical (unpaired) electrons. The minimum atomic E-state index is 0.253. The van der Waals surface area contributed by atoms with Crippen LogP contribution in [0.1, 0.15) is 18.9 Å². The van der Waals surface area contributed by atoms with E-state index in [9.17, 15) is 0 Å². The first-order valence-corrected chi connectivity index (χ1v) is 6.40. The summed E-state index contributed by atoms with van der Waals surface area (Å²) < 4.78 is 5.26. The van der Waals surface area contributed by atoms with Crippen LogP contribution in [-0.2, 0) is 11.2 Å². The second-order valence-corrected chi connectivity index (χ2v) is 4.88. The molecule has 0 bridgehead atoms. The number of ether oxygens (including phenoxy) is 1. The average molecular weight is 261 g/mol. The summed E-state index contributed by atoms with van der Waals surface area (Å²) in [5.41, 5.74) is 1.24. The van der Waals surface area contributed by atoms with Crippen LogP contribution in [0.3, 0.4) is 0 Å². The number of alkyl halides is 1. The molecule has 2 unspecified atom stereocenters. The van der Waals surface area contributed by atoms with Gasteiger partial charge in [0.05, 0.1) is 6.10 Å². The Morgan fingerprint density at radius 2 is 2.12 bits per heavy atom. The largest absolute Gasteiger partial charge is 0.382 e. The van der Waals surface area contributed by atoms with Crippen LogP contribution in [0.25, 0.3) is 0 Å². The Bertz CT molecular complexity index is 315. The van der Waals surface area contributed by atoms with Crippen LogP contribution in [0.15, 0.2) is 24.3 Å². The van der Waals surface area contributed by atoms with Gasteiger partial charge >= 0.3 is 0 Å². The van der Waals surface area contributed by atoms with Crippen molar-refractivity contribution in [3.63, 3.8) is 0 Å². The maximum absolute atomic E-state index is 5.97. The van der Waals surface area contributed by atoms with E-state index in [2.05, 4.69) is 13.0 Å². The lowest BCUT2D eigenvalue weighted by molar-refractivity contribution is 0.0978. The molecule has 1 nitrogen and oxygen atoms in total. The second-order valence-electron chi connectivity index (χ2n) is 4.14. The molecular weight excluding hydrogens is 243 g/mol.